The van der Waals surface area contributed by atoms with Crippen LogP contribution in [-0.2, 0) is 0 Å². The van der Waals surface area contributed by atoms with E-state index < -0.39 is 0 Å². The van der Waals surface area contributed by atoms with Crippen molar-refractivity contribution in [1.82, 2.24) is 15.0 Å². The summed E-state index contributed by atoms with van der Waals surface area (Å²) < 4.78 is 11.6. The predicted molar refractivity (Wildman–Crippen MR) is 110 cm³/mol. The van der Waals surface area contributed by atoms with Gasteiger partial charge in [-0.15, -0.1) is 0 Å². The molecule has 8 heteroatoms. The van der Waals surface area contributed by atoms with Crippen molar-refractivity contribution in [2.24, 2.45) is 0 Å². The van der Waals surface area contributed by atoms with Gasteiger partial charge in [0.2, 0.25) is 5.95 Å². The number of aromatic nitrogens is 3. The van der Waals surface area contributed by atoms with Crippen LogP contribution in [0.15, 0.2) is 41.1 Å². The van der Waals surface area contributed by atoms with Gasteiger partial charge in [-0.3, -0.25) is 0 Å². The molecule has 0 aromatic carbocycles. The van der Waals surface area contributed by atoms with Crippen LogP contribution in [0.1, 0.15) is 38.1 Å². The van der Waals surface area contributed by atoms with E-state index >= 15 is 0 Å². The van der Waals surface area contributed by atoms with E-state index in [-0.39, 0.29) is 31.1 Å². The summed E-state index contributed by atoms with van der Waals surface area (Å²) in [4.78, 5) is 15.6. The molecule has 0 amide bonds. The van der Waals surface area contributed by atoms with Crippen LogP contribution < -0.4 is 14.8 Å². The number of hydrogen-bond donors (Lipinski definition) is 1. The van der Waals surface area contributed by atoms with Gasteiger partial charge in [0.05, 0.1) is 17.7 Å². The van der Waals surface area contributed by atoms with E-state index in [0.717, 1.165) is 35.0 Å². The van der Waals surface area contributed by atoms with Crippen molar-refractivity contribution in [3.05, 3.63) is 52.5 Å². The largest absolute Gasteiger partial charge is 0.478 e. The second kappa shape index (κ2) is 10.9. The summed E-state index contributed by atoms with van der Waals surface area (Å²) in [6.45, 7) is 6.96. The SMILES string of the molecule is CCCNc1nccc(C2=C(Oc3ccc(C)nc3OC)CC=C(C)S2)n1.[U]. The number of ether oxygens (including phenoxy) is 2. The smallest absolute Gasteiger partial charge is 0.257 e. The van der Waals surface area contributed by atoms with E-state index in [4.69, 9.17) is 9.47 Å². The fourth-order valence-corrected chi connectivity index (χ4v) is 3.50. The molecule has 1 aliphatic rings. The molecule has 0 fully saturated rings. The van der Waals surface area contributed by atoms with Gasteiger partial charge in [-0.05, 0) is 43.4 Å². The van der Waals surface area contributed by atoms with E-state index in [2.05, 4.69) is 40.2 Å². The zero-order chi connectivity index (χ0) is 19.2. The Morgan fingerprint density at radius 3 is 2.75 bits per heavy atom. The average molecular weight is 623 g/mol. The fourth-order valence-electron chi connectivity index (χ4n) is 2.56. The molecule has 28 heavy (non-hydrogen) atoms. The Morgan fingerprint density at radius 1 is 1.18 bits per heavy atom. The molecule has 0 saturated heterocycles. The van der Waals surface area contributed by atoms with Gasteiger partial charge < -0.3 is 14.8 Å². The Balaban J connectivity index is 0.00000280. The predicted octanol–water partition coefficient (Wildman–Crippen LogP) is 4.80. The first kappa shape index (κ1) is 22.8. The van der Waals surface area contributed by atoms with E-state index in [1.54, 1.807) is 25.1 Å². The number of thioether (sulfide) groups is 1. The normalized spacial score (nSPS) is 13.5. The van der Waals surface area contributed by atoms with Crippen LogP contribution in [0.3, 0.4) is 0 Å². The molecular weight excluding hydrogens is 598 g/mol. The van der Waals surface area contributed by atoms with Crippen molar-refractivity contribution in [1.29, 1.82) is 0 Å². The monoisotopic (exact) mass is 622 g/mol. The Labute approximate surface area is 194 Å². The van der Waals surface area contributed by atoms with Gasteiger partial charge >= 0.3 is 0 Å². The molecule has 0 spiro atoms. The van der Waals surface area contributed by atoms with E-state index in [9.17, 15) is 0 Å². The summed E-state index contributed by atoms with van der Waals surface area (Å²) in [7, 11) is 1.60. The van der Waals surface area contributed by atoms with E-state index in [1.165, 1.54) is 4.91 Å². The number of allylic oxidation sites excluding steroid dienone is 2. The van der Waals surface area contributed by atoms with Gasteiger partial charge in [0.15, 0.2) is 5.75 Å². The van der Waals surface area contributed by atoms with Crippen LogP contribution in [0.2, 0.25) is 0 Å². The van der Waals surface area contributed by atoms with Gasteiger partial charge in [-0.25, -0.2) is 15.0 Å². The molecule has 0 aliphatic carbocycles. The van der Waals surface area contributed by atoms with Gasteiger partial charge in [-0.2, -0.15) is 0 Å². The molecule has 2 aromatic rings. The Morgan fingerprint density at radius 2 is 2.00 bits per heavy atom. The molecule has 2 aromatic heterocycles. The summed E-state index contributed by atoms with van der Waals surface area (Å²) in [5.41, 5.74) is 1.72. The van der Waals surface area contributed by atoms with E-state index in [0.29, 0.717) is 24.0 Å². The minimum Gasteiger partial charge on any atom is -0.478 e. The van der Waals surface area contributed by atoms with Crippen LogP contribution in [0.25, 0.3) is 4.91 Å². The van der Waals surface area contributed by atoms with Crippen LogP contribution in [0, 0.1) is 38.0 Å². The van der Waals surface area contributed by atoms with Crippen LogP contribution >= 0.6 is 11.8 Å². The minimum atomic E-state index is 0. The number of hydrogen-bond acceptors (Lipinski definition) is 7. The Hall–Kier alpha value is -1.49. The van der Waals surface area contributed by atoms with Crippen LogP contribution in [0.4, 0.5) is 5.95 Å². The number of rotatable bonds is 7. The first-order chi connectivity index (χ1) is 13.1. The fraction of sp³-hybridized carbons (Fsp3) is 0.350. The molecule has 1 N–H and O–H groups in total. The maximum atomic E-state index is 6.21. The first-order valence-corrected chi connectivity index (χ1v) is 9.77. The number of nitrogens with one attached hydrogen (secondary N) is 1. The molecule has 146 valence electrons. The molecule has 0 atom stereocenters. The van der Waals surface area contributed by atoms with Crippen molar-refractivity contribution < 1.29 is 40.6 Å². The topological polar surface area (TPSA) is 69.2 Å². The number of nitrogens with zero attached hydrogens (tertiary/aromatic N) is 3. The summed E-state index contributed by atoms with van der Waals surface area (Å²) in [6, 6.07) is 5.70. The maximum absolute atomic E-state index is 6.21. The summed E-state index contributed by atoms with van der Waals surface area (Å²) in [6.07, 6.45) is 5.62. The standard InChI is InChI=1S/C20H24N4O2S.U/c1-5-11-21-20-22-12-10-15(24-20)18-16(9-7-14(3)27-18)26-17-8-6-13(2)23-19(17)25-4;/h6-8,10,12H,5,9,11H2,1-4H3,(H,21,22,24);. The number of aryl methyl sites for hydroxylation is 1. The van der Waals surface area contributed by atoms with E-state index in [1.807, 2.05) is 25.1 Å². The molecule has 0 saturated carbocycles. The van der Waals surface area contributed by atoms with Crippen molar-refractivity contribution in [3.8, 4) is 11.6 Å². The van der Waals surface area contributed by atoms with Gasteiger partial charge in [0.1, 0.15) is 5.76 Å². The molecule has 3 heterocycles. The second-order valence-corrected chi connectivity index (χ2v) is 7.38. The molecular formula is C20H24N4O2SU. The molecule has 0 radical (unpaired) electrons. The summed E-state index contributed by atoms with van der Waals surface area (Å²) >= 11 is 1.65. The number of anilines is 1. The van der Waals surface area contributed by atoms with Gasteiger partial charge in [0, 0.05) is 56.0 Å². The van der Waals surface area contributed by atoms with Crippen molar-refractivity contribution in [2.45, 2.75) is 33.6 Å². The zero-order valence-corrected chi connectivity index (χ0v) is 21.6. The summed E-state index contributed by atoms with van der Waals surface area (Å²) in [5, 5.41) is 3.23. The molecule has 0 unspecified atom stereocenters. The third-order valence-corrected chi connectivity index (χ3v) is 5.03. The first-order valence-electron chi connectivity index (χ1n) is 8.95. The zero-order valence-electron chi connectivity index (χ0n) is 16.6. The quantitative estimate of drug-likeness (QED) is 0.476. The second-order valence-electron chi connectivity index (χ2n) is 6.13. The van der Waals surface area contributed by atoms with Crippen molar-refractivity contribution >= 4 is 22.6 Å². The number of pyridine rings is 1. The Bertz CT molecular complexity index is 886. The minimum absolute atomic E-state index is 0. The van der Waals surface area contributed by atoms with Gasteiger partial charge in [-0.1, -0.05) is 24.8 Å². The van der Waals surface area contributed by atoms with Gasteiger partial charge in [0.25, 0.3) is 5.88 Å². The molecule has 3 rings (SSSR count). The van der Waals surface area contributed by atoms with Crippen LogP contribution in [0.5, 0.6) is 11.6 Å². The summed E-state index contributed by atoms with van der Waals surface area (Å²) in [5.74, 6) is 2.53. The van der Waals surface area contributed by atoms with Crippen molar-refractivity contribution in [2.75, 3.05) is 19.0 Å². The molecule has 1 aliphatic heterocycles. The average Bonchev–Trinajstić information content (AvgIpc) is 2.69. The third kappa shape index (κ3) is 5.76. The van der Waals surface area contributed by atoms with Crippen LogP contribution in [-0.4, -0.2) is 28.6 Å². The maximum Gasteiger partial charge on any atom is 0.257 e. The molecule has 0 bridgehead atoms. The van der Waals surface area contributed by atoms with Crippen molar-refractivity contribution in [3.63, 3.8) is 0 Å². The molecule has 6 nitrogen and oxygen atoms in total. The number of methoxy groups -OCH3 is 1. The third-order valence-electron chi connectivity index (χ3n) is 3.90. The Kier molecular flexibility index (Phi) is 8.87.